The summed E-state index contributed by atoms with van der Waals surface area (Å²) in [5.74, 6) is 0.0519. The average Bonchev–Trinajstić information content (AvgIpc) is 2.83. The Kier molecular flexibility index (Phi) is 5.25. The first-order valence-corrected chi connectivity index (χ1v) is 8.86. The maximum Gasteiger partial charge on any atom is 0.254 e. The van der Waals surface area contributed by atoms with Crippen LogP contribution in [0.15, 0.2) is 16.7 Å². The molecule has 1 aliphatic heterocycles. The van der Waals surface area contributed by atoms with Gasteiger partial charge in [0, 0.05) is 19.6 Å². The van der Waals surface area contributed by atoms with Crippen molar-refractivity contribution >= 4 is 15.9 Å². The summed E-state index contributed by atoms with van der Waals surface area (Å²) < 4.78 is 36.6. The summed E-state index contributed by atoms with van der Waals surface area (Å²) in [6.45, 7) is 6.14. The SMILES string of the molecule is Cc1occc1C(=O)NCCS(=O)(=O)N1C[C@@H](C)O[C@H](C)C1. The van der Waals surface area contributed by atoms with Crippen molar-refractivity contribution in [2.45, 2.75) is 33.0 Å². The van der Waals surface area contributed by atoms with Gasteiger partial charge >= 0.3 is 0 Å². The second-order valence-corrected chi connectivity index (χ2v) is 7.63. The number of nitrogens with zero attached hydrogens (tertiary/aromatic N) is 1. The predicted octanol–water partition coefficient (Wildman–Crippen LogP) is 0.757. The van der Waals surface area contributed by atoms with E-state index < -0.39 is 10.0 Å². The van der Waals surface area contributed by atoms with Crippen LogP contribution in [0.4, 0.5) is 0 Å². The number of morpholine rings is 1. The molecule has 22 heavy (non-hydrogen) atoms. The molecule has 1 N–H and O–H groups in total. The van der Waals surface area contributed by atoms with Crippen LogP contribution in [0.2, 0.25) is 0 Å². The summed E-state index contributed by atoms with van der Waals surface area (Å²) in [6.07, 6.45) is 1.18. The van der Waals surface area contributed by atoms with Crippen molar-refractivity contribution in [1.82, 2.24) is 9.62 Å². The van der Waals surface area contributed by atoms with E-state index in [2.05, 4.69) is 5.32 Å². The lowest BCUT2D eigenvalue weighted by Gasteiger charge is -2.34. The highest BCUT2D eigenvalue weighted by Gasteiger charge is 2.30. The maximum atomic E-state index is 12.3. The summed E-state index contributed by atoms with van der Waals surface area (Å²) in [5.41, 5.74) is 0.422. The van der Waals surface area contributed by atoms with Crippen LogP contribution in [0, 0.1) is 6.92 Å². The van der Waals surface area contributed by atoms with Gasteiger partial charge in [-0.3, -0.25) is 4.79 Å². The highest BCUT2D eigenvalue weighted by atomic mass is 32.2. The van der Waals surface area contributed by atoms with Crippen LogP contribution in [0.5, 0.6) is 0 Å². The average molecular weight is 330 g/mol. The molecule has 2 atom stereocenters. The number of amides is 1. The fraction of sp³-hybridized carbons (Fsp3) is 0.643. The second kappa shape index (κ2) is 6.80. The zero-order chi connectivity index (χ0) is 16.3. The van der Waals surface area contributed by atoms with Crippen LogP contribution >= 0.6 is 0 Å². The minimum absolute atomic E-state index is 0.0614. The molecule has 0 aromatic carbocycles. The van der Waals surface area contributed by atoms with E-state index in [1.807, 2.05) is 13.8 Å². The van der Waals surface area contributed by atoms with Gasteiger partial charge in [-0.25, -0.2) is 8.42 Å². The smallest absolute Gasteiger partial charge is 0.254 e. The number of hydrogen-bond acceptors (Lipinski definition) is 5. The van der Waals surface area contributed by atoms with Crippen molar-refractivity contribution in [3.05, 3.63) is 23.7 Å². The van der Waals surface area contributed by atoms with Gasteiger partial charge < -0.3 is 14.5 Å². The standard InChI is InChI=1S/C14H22N2O5S/c1-10-8-16(9-11(2)21-10)22(18,19)7-5-15-14(17)13-4-6-20-12(13)3/h4,6,10-11H,5,7-9H2,1-3H3,(H,15,17)/t10-,11-/m1/s1. The molecule has 7 nitrogen and oxygen atoms in total. The lowest BCUT2D eigenvalue weighted by Crippen LogP contribution is -2.49. The van der Waals surface area contributed by atoms with Crippen molar-refractivity contribution in [2.24, 2.45) is 0 Å². The van der Waals surface area contributed by atoms with Gasteiger partial charge in [-0.1, -0.05) is 0 Å². The van der Waals surface area contributed by atoms with E-state index in [1.165, 1.54) is 10.6 Å². The van der Waals surface area contributed by atoms with Gasteiger partial charge in [-0.2, -0.15) is 4.31 Å². The number of furan rings is 1. The van der Waals surface area contributed by atoms with Gasteiger partial charge in [-0.05, 0) is 26.8 Å². The molecule has 1 aromatic heterocycles. The molecule has 0 spiro atoms. The third kappa shape index (κ3) is 4.08. The molecule has 8 heteroatoms. The van der Waals surface area contributed by atoms with Crippen LogP contribution in [0.25, 0.3) is 0 Å². The monoisotopic (exact) mass is 330 g/mol. The van der Waals surface area contributed by atoms with Crippen molar-refractivity contribution in [2.75, 3.05) is 25.4 Å². The molecule has 1 amide bonds. The largest absolute Gasteiger partial charge is 0.469 e. The Morgan fingerprint density at radius 1 is 1.36 bits per heavy atom. The summed E-state index contributed by atoms with van der Waals surface area (Å²) >= 11 is 0. The highest BCUT2D eigenvalue weighted by Crippen LogP contribution is 2.14. The van der Waals surface area contributed by atoms with Gasteiger partial charge in [0.05, 0.1) is 29.8 Å². The van der Waals surface area contributed by atoms with Gasteiger partial charge in [0.15, 0.2) is 0 Å². The van der Waals surface area contributed by atoms with Crippen molar-refractivity contribution < 1.29 is 22.4 Å². The van der Waals surface area contributed by atoms with Crippen LogP contribution in [-0.2, 0) is 14.8 Å². The number of hydrogen-bond donors (Lipinski definition) is 1. The molecule has 1 saturated heterocycles. The number of carbonyl (C=O) groups excluding carboxylic acids is 1. The highest BCUT2D eigenvalue weighted by molar-refractivity contribution is 7.89. The first-order chi connectivity index (χ1) is 10.3. The molecule has 0 bridgehead atoms. The fourth-order valence-corrected chi connectivity index (χ4v) is 3.99. The number of rotatable bonds is 5. The molecule has 1 aromatic rings. The van der Waals surface area contributed by atoms with E-state index in [0.717, 1.165) is 0 Å². The Bertz CT molecular complexity index is 615. The van der Waals surface area contributed by atoms with E-state index >= 15 is 0 Å². The predicted molar refractivity (Wildman–Crippen MR) is 81.1 cm³/mol. The van der Waals surface area contributed by atoms with Gasteiger partial charge in [0.1, 0.15) is 5.76 Å². The third-order valence-corrected chi connectivity index (χ3v) is 5.33. The van der Waals surface area contributed by atoms with Gasteiger partial charge in [0.2, 0.25) is 10.0 Å². The van der Waals surface area contributed by atoms with E-state index in [4.69, 9.17) is 9.15 Å². The molecule has 2 rings (SSSR count). The first kappa shape index (κ1) is 17.0. The first-order valence-electron chi connectivity index (χ1n) is 7.25. The van der Waals surface area contributed by atoms with Crippen LogP contribution in [0.1, 0.15) is 30.0 Å². The zero-order valence-electron chi connectivity index (χ0n) is 13.0. The zero-order valence-corrected chi connectivity index (χ0v) is 13.9. The topological polar surface area (TPSA) is 88.8 Å². The van der Waals surface area contributed by atoms with Crippen LogP contribution in [0.3, 0.4) is 0 Å². The van der Waals surface area contributed by atoms with E-state index in [0.29, 0.717) is 24.4 Å². The van der Waals surface area contributed by atoms with Crippen LogP contribution in [-0.4, -0.2) is 56.2 Å². The molecule has 0 aliphatic carbocycles. The lowest BCUT2D eigenvalue weighted by molar-refractivity contribution is -0.0440. The Balaban J connectivity index is 1.87. The van der Waals surface area contributed by atoms with Crippen molar-refractivity contribution in [3.8, 4) is 0 Å². The number of aryl methyl sites for hydroxylation is 1. The lowest BCUT2D eigenvalue weighted by atomic mass is 10.2. The Morgan fingerprint density at radius 2 is 2.00 bits per heavy atom. The second-order valence-electron chi connectivity index (χ2n) is 5.54. The molecule has 0 saturated carbocycles. The fourth-order valence-electron chi connectivity index (χ4n) is 2.50. The summed E-state index contributed by atoms with van der Waals surface area (Å²) in [4.78, 5) is 11.9. The summed E-state index contributed by atoms with van der Waals surface area (Å²) in [5, 5.41) is 2.61. The quantitative estimate of drug-likeness (QED) is 0.861. The van der Waals surface area contributed by atoms with Crippen LogP contribution < -0.4 is 5.32 Å². The summed E-state index contributed by atoms with van der Waals surface area (Å²) in [6, 6.07) is 1.56. The molecule has 0 radical (unpaired) electrons. The maximum absolute atomic E-state index is 12.3. The molecule has 124 valence electrons. The third-order valence-electron chi connectivity index (χ3n) is 3.53. The van der Waals surface area contributed by atoms with E-state index in [-0.39, 0.29) is 30.4 Å². The molecule has 2 heterocycles. The van der Waals surface area contributed by atoms with Gasteiger partial charge in [-0.15, -0.1) is 0 Å². The molecule has 1 fully saturated rings. The number of sulfonamides is 1. The summed E-state index contributed by atoms with van der Waals surface area (Å²) in [7, 11) is -3.41. The van der Waals surface area contributed by atoms with Crippen molar-refractivity contribution in [1.29, 1.82) is 0 Å². The Morgan fingerprint density at radius 3 is 2.55 bits per heavy atom. The minimum Gasteiger partial charge on any atom is -0.469 e. The molecule has 0 unspecified atom stereocenters. The van der Waals surface area contributed by atoms with E-state index in [1.54, 1.807) is 13.0 Å². The molecular formula is C14H22N2O5S. The number of ether oxygens (including phenoxy) is 1. The minimum atomic E-state index is -3.41. The molecular weight excluding hydrogens is 308 g/mol. The Labute approximate surface area is 130 Å². The number of nitrogens with one attached hydrogen (secondary N) is 1. The van der Waals surface area contributed by atoms with Crippen molar-refractivity contribution in [3.63, 3.8) is 0 Å². The Hall–Kier alpha value is -1.38. The number of carbonyl (C=O) groups is 1. The van der Waals surface area contributed by atoms with Gasteiger partial charge in [0.25, 0.3) is 5.91 Å². The normalized spacial score (nSPS) is 23.4. The molecule has 1 aliphatic rings. The van der Waals surface area contributed by atoms with E-state index in [9.17, 15) is 13.2 Å².